The van der Waals surface area contributed by atoms with E-state index in [4.69, 9.17) is 9.84 Å². The molecule has 25 heavy (non-hydrogen) atoms. The van der Waals surface area contributed by atoms with E-state index < -0.39 is 12.1 Å². The van der Waals surface area contributed by atoms with Crippen LogP contribution in [0.25, 0.3) is 0 Å². The molecule has 2 rings (SSSR count). The van der Waals surface area contributed by atoms with E-state index in [9.17, 15) is 15.0 Å². The summed E-state index contributed by atoms with van der Waals surface area (Å²) in [7, 11) is 0. The lowest BCUT2D eigenvalue weighted by atomic mass is 9.89. The molecule has 1 aliphatic heterocycles. The van der Waals surface area contributed by atoms with Crippen LogP contribution in [0.15, 0.2) is 12.2 Å². The number of ether oxygens (including phenoxy) is 1. The first kappa shape index (κ1) is 20.4. The Hall–Kier alpha value is -0.910. The third-order valence-electron chi connectivity index (χ3n) is 5.62. The van der Waals surface area contributed by atoms with Gasteiger partial charge in [0.1, 0.15) is 0 Å². The Morgan fingerprint density at radius 2 is 2.04 bits per heavy atom. The zero-order chi connectivity index (χ0) is 18.2. The highest BCUT2D eigenvalue weighted by atomic mass is 16.5. The maximum absolute atomic E-state index is 10.6. The van der Waals surface area contributed by atoms with Gasteiger partial charge in [0, 0.05) is 18.8 Å². The number of fused-ring (bicyclic) bond motifs is 1. The van der Waals surface area contributed by atoms with Crippen molar-refractivity contribution in [2.45, 2.75) is 95.5 Å². The first-order valence-electron chi connectivity index (χ1n) is 9.93. The molecule has 0 aromatic heterocycles. The minimum Gasteiger partial charge on any atom is -0.481 e. The van der Waals surface area contributed by atoms with Crippen molar-refractivity contribution < 1.29 is 24.9 Å². The molecule has 2 unspecified atom stereocenters. The van der Waals surface area contributed by atoms with Crippen molar-refractivity contribution in [3.63, 3.8) is 0 Å². The van der Waals surface area contributed by atoms with Crippen LogP contribution in [0, 0.1) is 11.8 Å². The van der Waals surface area contributed by atoms with Gasteiger partial charge in [-0.2, -0.15) is 0 Å². The van der Waals surface area contributed by atoms with Crippen molar-refractivity contribution in [3.05, 3.63) is 12.2 Å². The normalized spacial score (nSPS) is 33.0. The van der Waals surface area contributed by atoms with Gasteiger partial charge in [0.05, 0.1) is 24.4 Å². The summed E-state index contributed by atoms with van der Waals surface area (Å²) in [6, 6.07) is 0. The van der Waals surface area contributed by atoms with Crippen molar-refractivity contribution in [2.24, 2.45) is 11.8 Å². The molecule has 144 valence electrons. The number of carbonyl (C=O) groups is 1. The number of aliphatic hydroxyl groups is 2. The molecule has 1 saturated heterocycles. The average molecular weight is 354 g/mol. The van der Waals surface area contributed by atoms with E-state index in [1.54, 1.807) is 0 Å². The van der Waals surface area contributed by atoms with Crippen LogP contribution in [0.1, 0.15) is 71.1 Å². The molecule has 0 aromatic rings. The molecule has 5 heteroatoms. The Balaban J connectivity index is 1.76. The summed E-state index contributed by atoms with van der Waals surface area (Å²) in [6.07, 6.45) is 11.7. The number of carboxylic acids is 1. The summed E-state index contributed by atoms with van der Waals surface area (Å²) in [5.41, 5.74) is 0. The number of hydrogen-bond acceptors (Lipinski definition) is 4. The summed E-state index contributed by atoms with van der Waals surface area (Å²) in [5.74, 6) is -0.358. The molecule has 0 radical (unpaired) electrons. The van der Waals surface area contributed by atoms with Crippen molar-refractivity contribution in [1.29, 1.82) is 0 Å². The van der Waals surface area contributed by atoms with Crippen molar-refractivity contribution in [2.75, 3.05) is 0 Å². The summed E-state index contributed by atoms with van der Waals surface area (Å²) < 4.78 is 6.08. The SMILES string of the molecule is CCCCC[C@H](O)/C=C/C1[C@H](O)C[C@@H]2OC(CCCCC(=O)O)C[C@H]12. The molecule has 5 nitrogen and oxygen atoms in total. The van der Waals surface area contributed by atoms with Gasteiger partial charge in [0.15, 0.2) is 0 Å². The molecular formula is C20H34O5. The van der Waals surface area contributed by atoms with Crippen LogP contribution in [0.3, 0.4) is 0 Å². The second-order valence-electron chi connectivity index (χ2n) is 7.66. The number of hydrogen-bond donors (Lipinski definition) is 3. The predicted molar refractivity (Wildman–Crippen MR) is 96.3 cm³/mol. The van der Waals surface area contributed by atoms with E-state index in [0.717, 1.165) is 44.9 Å². The van der Waals surface area contributed by atoms with Gasteiger partial charge in [0.25, 0.3) is 0 Å². The fourth-order valence-corrected chi connectivity index (χ4v) is 4.24. The molecule has 1 saturated carbocycles. The Kier molecular flexibility index (Phi) is 8.40. The predicted octanol–water partition coefficient (Wildman–Crippen LogP) is 3.28. The highest BCUT2D eigenvalue weighted by molar-refractivity contribution is 5.66. The largest absolute Gasteiger partial charge is 0.481 e. The van der Waals surface area contributed by atoms with Crippen LogP contribution in [-0.2, 0) is 9.53 Å². The minimum absolute atomic E-state index is 0.0647. The van der Waals surface area contributed by atoms with E-state index in [-0.39, 0.29) is 30.7 Å². The second-order valence-corrected chi connectivity index (χ2v) is 7.66. The van der Waals surface area contributed by atoms with Gasteiger partial charge in [-0.1, -0.05) is 44.8 Å². The van der Waals surface area contributed by atoms with Crippen LogP contribution in [0.4, 0.5) is 0 Å². The zero-order valence-corrected chi connectivity index (χ0v) is 15.3. The Bertz CT molecular complexity index is 436. The van der Waals surface area contributed by atoms with Gasteiger partial charge in [-0.3, -0.25) is 4.79 Å². The fourth-order valence-electron chi connectivity index (χ4n) is 4.24. The summed E-state index contributed by atoms with van der Waals surface area (Å²) in [4.78, 5) is 10.6. The van der Waals surface area contributed by atoms with Gasteiger partial charge in [-0.25, -0.2) is 0 Å². The lowest BCUT2D eigenvalue weighted by molar-refractivity contribution is -0.137. The van der Waals surface area contributed by atoms with Crippen LogP contribution in [-0.4, -0.2) is 45.7 Å². The summed E-state index contributed by atoms with van der Waals surface area (Å²) in [6.45, 7) is 2.15. The third kappa shape index (κ3) is 6.39. The molecule has 2 aliphatic rings. The van der Waals surface area contributed by atoms with E-state index in [2.05, 4.69) is 6.92 Å². The second kappa shape index (κ2) is 10.3. The Morgan fingerprint density at radius 1 is 1.24 bits per heavy atom. The molecule has 0 bridgehead atoms. The Morgan fingerprint density at radius 3 is 2.76 bits per heavy atom. The third-order valence-corrected chi connectivity index (χ3v) is 5.62. The van der Waals surface area contributed by atoms with Gasteiger partial charge in [-0.15, -0.1) is 0 Å². The van der Waals surface area contributed by atoms with Gasteiger partial charge in [0.2, 0.25) is 0 Å². The summed E-state index contributed by atoms with van der Waals surface area (Å²) >= 11 is 0. The quantitative estimate of drug-likeness (QED) is 0.391. The Labute approximate surface area is 151 Å². The van der Waals surface area contributed by atoms with Crippen LogP contribution >= 0.6 is 0 Å². The molecule has 0 amide bonds. The minimum atomic E-state index is -0.741. The van der Waals surface area contributed by atoms with Crippen molar-refractivity contribution in [1.82, 2.24) is 0 Å². The number of unbranched alkanes of at least 4 members (excludes halogenated alkanes) is 3. The number of aliphatic carboxylic acids is 1. The lowest BCUT2D eigenvalue weighted by Crippen LogP contribution is -2.19. The van der Waals surface area contributed by atoms with Gasteiger partial charge < -0.3 is 20.1 Å². The molecule has 0 aromatic carbocycles. The highest BCUT2D eigenvalue weighted by Gasteiger charge is 2.47. The molecular weight excluding hydrogens is 320 g/mol. The van der Waals surface area contributed by atoms with E-state index in [1.807, 2.05) is 12.2 Å². The average Bonchev–Trinajstić information content (AvgIpc) is 3.06. The smallest absolute Gasteiger partial charge is 0.303 e. The number of carboxylic acid groups (broad SMARTS) is 1. The zero-order valence-electron chi connectivity index (χ0n) is 15.3. The first-order chi connectivity index (χ1) is 12.0. The number of aliphatic hydroxyl groups excluding tert-OH is 2. The van der Waals surface area contributed by atoms with Crippen molar-refractivity contribution in [3.8, 4) is 0 Å². The topological polar surface area (TPSA) is 87.0 Å². The fraction of sp³-hybridized carbons (Fsp3) is 0.850. The van der Waals surface area contributed by atoms with Gasteiger partial charge in [-0.05, 0) is 31.6 Å². The molecule has 1 aliphatic carbocycles. The van der Waals surface area contributed by atoms with Crippen LogP contribution in [0.2, 0.25) is 0 Å². The van der Waals surface area contributed by atoms with Crippen LogP contribution in [0.5, 0.6) is 0 Å². The maximum Gasteiger partial charge on any atom is 0.303 e. The molecule has 3 N–H and O–H groups in total. The number of rotatable bonds is 11. The first-order valence-corrected chi connectivity index (χ1v) is 9.93. The maximum atomic E-state index is 10.6. The molecule has 1 heterocycles. The van der Waals surface area contributed by atoms with Gasteiger partial charge >= 0.3 is 5.97 Å². The van der Waals surface area contributed by atoms with E-state index in [0.29, 0.717) is 18.8 Å². The van der Waals surface area contributed by atoms with E-state index >= 15 is 0 Å². The van der Waals surface area contributed by atoms with Crippen LogP contribution < -0.4 is 0 Å². The summed E-state index contributed by atoms with van der Waals surface area (Å²) in [5, 5.41) is 29.0. The van der Waals surface area contributed by atoms with Crippen molar-refractivity contribution >= 4 is 5.97 Å². The lowest BCUT2D eigenvalue weighted by Gasteiger charge is -2.18. The molecule has 0 spiro atoms. The standard InChI is InChI=1S/C20H34O5/c1-2-3-4-7-14(21)10-11-16-17-12-15(8-5-6-9-20(23)24)25-19(17)13-18(16)22/h10-11,14-19,21-22H,2-9,12-13H2,1H3,(H,23,24)/b11-10+/t14-,15?,16?,17+,18+,19-/m0/s1. The highest BCUT2D eigenvalue weighted by Crippen LogP contribution is 2.45. The molecule has 6 atom stereocenters. The van der Waals surface area contributed by atoms with E-state index in [1.165, 1.54) is 0 Å². The monoisotopic (exact) mass is 354 g/mol. The molecule has 2 fully saturated rings.